The van der Waals surface area contributed by atoms with E-state index >= 15 is 0 Å². The van der Waals surface area contributed by atoms with Gasteiger partial charge in [-0.15, -0.1) is 0 Å². The highest BCUT2D eigenvalue weighted by Crippen LogP contribution is 2.23. The number of fused-ring (bicyclic) bond motifs is 1. The lowest BCUT2D eigenvalue weighted by atomic mass is 9.93. The van der Waals surface area contributed by atoms with Crippen molar-refractivity contribution in [3.05, 3.63) is 24.3 Å². The number of rotatable bonds is 3. The van der Waals surface area contributed by atoms with Gasteiger partial charge in [-0.1, -0.05) is 12.1 Å². The summed E-state index contributed by atoms with van der Waals surface area (Å²) in [6, 6.07) is 8.56. The maximum Gasteiger partial charge on any atom is 0.201 e. The van der Waals surface area contributed by atoms with Crippen molar-refractivity contribution in [1.82, 2.24) is 9.97 Å². The quantitative estimate of drug-likeness (QED) is 0.874. The van der Waals surface area contributed by atoms with Crippen LogP contribution in [0, 0.1) is 0 Å². The molecule has 1 aromatic heterocycles. The Morgan fingerprint density at radius 3 is 3.06 bits per heavy atom. The Kier molecular flexibility index (Phi) is 3.19. The Hall–Kier alpha value is -1.55. The zero-order chi connectivity index (χ0) is 12.4. The normalized spacial score (nSPS) is 24.3. The number of methoxy groups -OCH3 is 1. The number of para-hydroxylation sites is 2. The summed E-state index contributed by atoms with van der Waals surface area (Å²) in [5, 5.41) is 3.49. The fourth-order valence-corrected chi connectivity index (χ4v) is 2.70. The van der Waals surface area contributed by atoms with Gasteiger partial charge in [0.1, 0.15) is 0 Å². The van der Waals surface area contributed by atoms with Crippen LogP contribution < -0.4 is 5.32 Å². The van der Waals surface area contributed by atoms with Crippen molar-refractivity contribution >= 4 is 17.0 Å². The number of nitrogens with zero attached hydrogens (tertiary/aromatic N) is 1. The van der Waals surface area contributed by atoms with E-state index in [0.29, 0.717) is 12.1 Å². The molecule has 1 fully saturated rings. The summed E-state index contributed by atoms with van der Waals surface area (Å²) in [6.45, 7) is 0. The molecule has 2 unspecified atom stereocenters. The van der Waals surface area contributed by atoms with Crippen molar-refractivity contribution in [2.45, 2.75) is 37.8 Å². The van der Waals surface area contributed by atoms with Crippen LogP contribution in [0.3, 0.4) is 0 Å². The van der Waals surface area contributed by atoms with E-state index in [4.69, 9.17) is 4.74 Å². The van der Waals surface area contributed by atoms with E-state index in [1.165, 1.54) is 19.3 Å². The number of hydrogen-bond acceptors (Lipinski definition) is 3. The predicted octanol–water partition coefficient (Wildman–Crippen LogP) is 2.93. The molecule has 2 N–H and O–H groups in total. The maximum atomic E-state index is 5.45. The molecule has 3 rings (SSSR count). The number of anilines is 1. The van der Waals surface area contributed by atoms with Crippen LogP contribution in [0.2, 0.25) is 0 Å². The van der Waals surface area contributed by atoms with Gasteiger partial charge in [-0.3, -0.25) is 0 Å². The van der Waals surface area contributed by atoms with E-state index in [-0.39, 0.29) is 0 Å². The molecular formula is C14H19N3O. The lowest BCUT2D eigenvalue weighted by molar-refractivity contribution is 0.0668. The standard InChI is InChI=1S/C14H19N3O/c1-18-11-6-4-5-10(9-11)15-14-16-12-7-2-3-8-13(12)17-14/h2-3,7-8,10-11H,4-6,9H2,1H3,(H2,15,16,17). The number of nitrogens with one attached hydrogen (secondary N) is 2. The molecule has 0 spiro atoms. The number of imidazole rings is 1. The Balaban J connectivity index is 1.71. The van der Waals surface area contributed by atoms with Gasteiger partial charge in [-0.2, -0.15) is 0 Å². The van der Waals surface area contributed by atoms with Crippen molar-refractivity contribution < 1.29 is 4.74 Å². The molecule has 1 aliphatic carbocycles. The van der Waals surface area contributed by atoms with E-state index in [2.05, 4.69) is 15.3 Å². The third-order valence-electron chi connectivity index (χ3n) is 3.69. The Labute approximate surface area is 107 Å². The molecule has 1 aliphatic rings. The fraction of sp³-hybridized carbons (Fsp3) is 0.500. The van der Waals surface area contributed by atoms with Gasteiger partial charge in [0.25, 0.3) is 0 Å². The number of hydrogen-bond donors (Lipinski definition) is 2. The van der Waals surface area contributed by atoms with E-state index in [9.17, 15) is 0 Å². The second-order valence-electron chi connectivity index (χ2n) is 4.97. The Morgan fingerprint density at radius 2 is 2.22 bits per heavy atom. The highest BCUT2D eigenvalue weighted by Gasteiger charge is 2.22. The summed E-state index contributed by atoms with van der Waals surface area (Å²) in [4.78, 5) is 7.86. The first-order valence-corrected chi connectivity index (χ1v) is 6.59. The third kappa shape index (κ3) is 2.34. The van der Waals surface area contributed by atoms with Crippen LogP contribution in [0.5, 0.6) is 0 Å². The summed E-state index contributed by atoms with van der Waals surface area (Å²) < 4.78 is 5.45. The highest BCUT2D eigenvalue weighted by atomic mass is 16.5. The van der Waals surface area contributed by atoms with Crippen LogP contribution in [0.4, 0.5) is 5.95 Å². The highest BCUT2D eigenvalue weighted by molar-refractivity contribution is 5.77. The molecule has 0 radical (unpaired) electrons. The topological polar surface area (TPSA) is 49.9 Å². The van der Waals surface area contributed by atoms with E-state index in [1.54, 1.807) is 7.11 Å². The molecule has 0 aliphatic heterocycles. The largest absolute Gasteiger partial charge is 0.381 e. The van der Waals surface area contributed by atoms with Gasteiger partial charge in [0.05, 0.1) is 17.1 Å². The van der Waals surface area contributed by atoms with Crippen molar-refractivity contribution in [2.75, 3.05) is 12.4 Å². The summed E-state index contributed by atoms with van der Waals surface area (Å²) in [5.41, 5.74) is 2.10. The van der Waals surface area contributed by atoms with Crippen molar-refractivity contribution in [3.63, 3.8) is 0 Å². The molecule has 0 saturated heterocycles. The Bertz CT molecular complexity index is 489. The number of aromatic nitrogens is 2. The number of ether oxygens (including phenoxy) is 1. The first kappa shape index (κ1) is 11.5. The zero-order valence-corrected chi connectivity index (χ0v) is 10.6. The van der Waals surface area contributed by atoms with Crippen molar-refractivity contribution in [1.29, 1.82) is 0 Å². The maximum absolute atomic E-state index is 5.45. The van der Waals surface area contributed by atoms with Crippen LogP contribution >= 0.6 is 0 Å². The number of aromatic amines is 1. The first-order chi connectivity index (χ1) is 8.85. The van der Waals surface area contributed by atoms with Crippen LogP contribution in [0.15, 0.2) is 24.3 Å². The lowest BCUT2D eigenvalue weighted by Gasteiger charge is -2.28. The Morgan fingerprint density at radius 1 is 1.33 bits per heavy atom. The van der Waals surface area contributed by atoms with Gasteiger partial charge in [0.2, 0.25) is 5.95 Å². The molecular weight excluding hydrogens is 226 g/mol. The molecule has 4 heteroatoms. The fourth-order valence-electron chi connectivity index (χ4n) is 2.70. The molecule has 1 aromatic carbocycles. The molecule has 4 nitrogen and oxygen atoms in total. The van der Waals surface area contributed by atoms with Crippen LogP contribution in [-0.2, 0) is 4.74 Å². The number of H-pyrrole nitrogens is 1. The molecule has 1 saturated carbocycles. The smallest absolute Gasteiger partial charge is 0.201 e. The summed E-state index contributed by atoms with van der Waals surface area (Å²) in [7, 11) is 1.80. The molecule has 2 atom stereocenters. The minimum absolute atomic E-state index is 0.389. The van der Waals surface area contributed by atoms with Gasteiger partial charge >= 0.3 is 0 Å². The monoisotopic (exact) mass is 245 g/mol. The zero-order valence-electron chi connectivity index (χ0n) is 10.6. The van der Waals surface area contributed by atoms with E-state index < -0.39 is 0 Å². The van der Waals surface area contributed by atoms with Gasteiger partial charge < -0.3 is 15.0 Å². The molecule has 18 heavy (non-hydrogen) atoms. The second-order valence-corrected chi connectivity index (χ2v) is 4.97. The van der Waals surface area contributed by atoms with Crippen LogP contribution in [-0.4, -0.2) is 29.2 Å². The van der Waals surface area contributed by atoms with Gasteiger partial charge in [0.15, 0.2) is 0 Å². The number of benzene rings is 1. The van der Waals surface area contributed by atoms with Gasteiger partial charge in [0, 0.05) is 13.2 Å². The summed E-state index contributed by atoms with van der Waals surface area (Å²) in [5.74, 6) is 0.873. The third-order valence-corrected chi connectivity index (χ3v) is 3.69. The van der Waals surface area contributed by atoms with Gasteiger partial charge in [-0.05, 0) is 37.8 Å². The second kappa shape index (κ2) is 4.98. The lowest BCUT2D eigenvalue weighted by Crippen LogP contribution is -2.31. The minimum Gasteiger partial charge on any atom is -0.381 e. The molecule has 96 valence electrons. The van der Waals surface area contributed by atoms with E-state index in [1.807, 2.05) is 24.3 Å². The average Bonchev–Trinajstić information content (AvgIpc) is 2.81. The van der Waals surface area contributed by atoms with Crippen molar-refractivity contribution in [3.8, 4) is 0 Å². The summed E-state index contributed by atoms with van der Waals surface area (Å²) >= 11 is 0. The summed E-state index contributed by atoms with van der Waals surface area (Å²) in [6.07, 6.45) is 5.04. The molecule has 0 bridgehead atoms. The van der Waals surface area contributed by atoms with Crippen molar-refractivity contribution in [2.24, 2.45) is 0 Å². The minimum atomic E-state index is 0.389. The predicted molar refractivity (Wildman–Crippen MR) is 72.8 cm³/mol. The average molecular weight is 245 g/mol. The van der Waals surface area contributed by atoms with E-state index in [0.717, 1.165) is 23.4 Å². The van der Waals surface area contributed by atoms with Gasteiger partial charge in [-0.25, -0.2) is 4.98 Å². The van der Waals surface area contributed by atoms with Crippen LogP contribution in [0.1, 0.15) is 25.7 Å². The SMILES string of the molecule is COC1CCCC(Nc2nc3ccccc3[nH]2)C1. The molecule has 1 heterocycles. The first-order valence-electron chi connectivity index (χ1n) is 6.59. The molecule has 0 amide bonds. The van der Waals surface area contributed by atoms with Crippen LogP contribution in [0.25, 0.3) is 11.0 Å². The molecule has 2 aromatic rings.